The molecule has 0 fully saturated rings. The quantitative estimate of drug-likeness (QED) is 0.772. The Hall–Kier alpha value is -2.16. The van der Waals surface area contributed by atoms with Crippen molar-refractivity contribution in [1.82, 2.24) is 5.32 Å². The molecule has 0 amide bonds. The molecule has 1 aromatic rings. The van der Waals surface area contributed by atoms with Crippen LogP contribution in [0.4, 0.5) is 8.78 Å². The summed E-state index contributed by atoms with van der Waals surface area (Å²) in [6, 6.07) is 5.90. The Kier molecular flexibility index (Phi) is 4.88. The molecule has 1 aromatic carbocycles. The van der Waals surface area contributed by atoms with Gasteiger partial charge in [0.1, 0.15) is 11.6 Å². The molecule has 104 valence electrons. The van der Waals surface area contributed by atoms with E-state index in [1.807, 2.05) is 12.2 Å². The predicted molar refractivity (Wildman–Crippen MR) is 78.8 cm³/mol. The van der Waals surface area contributed by atoms with Gasteiger partial charge in [0.05, 0.1) is 0 Å². The van der Waals surface area contributed by atoms with Gasteiger partial charge < -0.3 is 5.32 Å². The molecule has 1 N–H and O–H groups in total. The Morgan fingerprint density at radius 2 is 1.90 bits per heavy atom. The minimum atomic E-state index is -0.374. The van der Waals surface area contributed by atoms with Gasteiger partial charge in [0.25, 0.3) is 0 Å². The fourth-order valence-corrected chi connectivity index (χ4v) is 1.82. The highest BCUT2D eigenvalue weighted by molar-refractivity contribution is 5.51. The molecule has 0 atom stereocenters. The third kappa shape index (κ3) is 4.50. The first-order valence-electron chi connectivity index (χ1n) is 6.56. The van der Waals surface area contributed by atoms with E-state index in [1.165, 1.54) is 30.0 Å². The molecule has 0 aromatic heterocycles. The lowest BCUT2D eigenvalue weighted by atomic mass is 10.0. The van der Waals surface area contributed by atoms with E-state index in [-0.39, 0.29) is 11.6 Å². The highest BCUT2D eigenvalue weighted by Crippen LogP contribution is 2.16. The van der Waals surface area contributed by atoms with Crippen LogP contribution < -0.4 is 5.32 Å². The zero-order valence-electron chi connectivity index (χ0n) is 11.4. The summed E-state index contributed by atoms with van der Waals surface area (Å²) in [5.74, 6) is -0.672. The molecular formula is C17H17F2N. The van der Waals surface area contributed by atoms with Crippen LogP contribution in [0.15, 0.2) is 65.8 Å². The van der Waals surface area contributed by atoms with E-state index in [0.717, 1.165) is 24.1 Å². The van der Waals surface area contributed by atoms with E-state index < -0.39 is 0 Å². The van der Waals surface area contributed by atoms with Crippen LogP contribution in [0.25, 0.3) is 6.08 Å². The third-order valence-corrected chi connectivity index (χ3v) is 3.06. The number of halogens is 2. The van der Waals surface area contributed by atoms with Crippen molar-refractivity contribution in [3.05, 3.63) is 77.2 Å². The smallest absolute Gasteiger partial charge is 0.139 e. The van der Waals surface area contributed by atoms with E-state index in [0.29, 0.717) is 0 Å². The first kappa shape index (κ1) is 14.3. The fraction of sp³-hybridized carbons (Fsp3) is 0.176. The van der Waals surface area contributed by atoms with Crippen LogP contribution >= 0.6 is 0 Å². The second-order valence-electron chi connectivity index (χ2n) is 4.76. The summed E-state index contributed by atoms with van der Waals surface area (Å²) in [4.78, 5) is 0. The zero-order chi connectivity index (χ0) is 14.4. The van der Waals surface area contributed by atoms with E-state index in [9.17, 15) is 8.78 Å². The lowest BCUT2D eigenvalue weighted by Gasteiger charge is -2.11. The van der Waals surface area contributed by atoms with E-state index >= 15 is 0 Å². The predicted octanol–water partition coefficient (Wildman–Crippen LogP) is 4.86. The molecule has 0 bridgehead atoms. The lowest BCUT2D eigenvalue weighted by Crippen LogP contribution is -2.07. The Morgan fingerprint density at radius 3 is 2.55 bits per heavy atom. The molecule has 0 saturated heterocycles. The van der Waals surface area contributed by atoms with Crippen molar-refractivity contribution >= 4 is 6.08 Å². The van der Waals surface area contributed by atoms with Gasteiger partial charge in [-0.3, -0.25) is 0 Å². The number of hydrogen-bond donors (Lipinski definition) is 1. The standard InChI is InChI=1S/C17H17F2N/c1-13-2-10-17(11-3-13)20-12-16(19)9-6-14-4-7-15(18)8-5-14/h2,4-10,12,20H,3,11H2,1H3/b9-6-,16-12+. The number of allylic oxidation sites excluding steroid dienone is 6. The van der Waals surface area contributed by atoms with Crippen LogP contribution in [0.5, 0.6) is 0 Å². The molecule has 0 unspecified atom stereocenters. The second kappa shape index (κ2) is 6.85. The molecule has 0 radical (unpaired) electrons. The Bertz CT molecular complexity index is 578. The summed E-state index contributed by atoms with van der Waals surface area (Å²) in [5.41, 5.74) is 3.09. The molecule has 1 aliphatic rings. The Labute approximate surface area is 118 Å². The van der Waals surface area contributed by atoms with Crippen LogP contribution in [0, 0.1) is 5.82 Å². The van der Waals surface area contributed by atoms with Crippen LogP contribution in [-0.4, -0.2) is 0 Å². The zero-order valence-corrected chi connectivity index (χ0v) is 11.4. The molecule has 1 nitrogen and oxygen atoms in total. The molecule has 0 heterocycles. The van der Waals surface area contributed by atoms with E-state index in [1.54, 1.807) is 18.2 Å². The first-order valence-corrected chi connectivity index (χ1v) is 6.56. The summed E-state index contributed by atoms with van der Waals surface area (Å²) in [6.45, 7) is 2.08. The third-order valence-electron chi connectivity index (χ3n) is 3.06. The van der Waals surface area contributed by atoms with Crippen molar-refractivity contribution in [2.24, 2.45) is 0 Å². The minimum absolute atomic E-state index is 0.299. The summed E-state index contributed by atoms with van der Waals surface area (Å²) >= 11 is 0. The molecule has 2 rings (SSSR count). The van der Waals surface area contributed by atoms with E-state index in [2.05, 4.69) is 12.2 Å². The summed E-state index contributed by atoms with van der Waals surface area (Å²) in [7, 11) is 0. The van der Waals surface area contributed by atoms with Crippen molar-refractivity contribution in [2.45, 2.75) is 19.8 Å². The van der Waals surface area contributed by atoms with Gasteiger partial charge in [0.15, 0.2) is 0 Å². The Balaban J connectivity index is 1.92. The SMILES string of the molecule is CC1=CC=C(N/C=C(F)\C=C/c2ccc(F)cc2)CC1. The van der Waals surface area contributed by atoms with Gasteiger partial charge in [-0.2, -0.15) is 0 Å². The topological polar surface area (TPSA) is 12.0 Å². The maximum absolute atomic E-state index is 13.6. The van der Waals surface area contributed by atoms with E-state index in [4.69, 9.17) is 0 Å². The van der Waals surface area contributed by atoms with Crippen molar-refractivity contribution < 1.29 is 8.78 Å². The highest BCUT2D eigenvalue weighted by atomic mass is 19.1. The van der Waals surface area contributed by atoms with Gasteiger partial charge in [-0.25, -0.2) is 8.78 Å². The minimum Gasteiger partial charge on any atom is -0.362 e. The van der Waals surface area contributed by atoms with Crippen LogP contribution in [-0.2, 0) is 0 Å². The van der Waals surface area contributed by atoms with Gasteiger partial charge >= 0.3 is 0 Å². The van der Waals surface area contributed by atoms with Crippen LogP contribution in [0.1, 0.15) is 25.3 Å². The van der Waals surface area contributed by atoms with Gasteiger partial charge in [-0.15, -0.1) is 0 Å². The monoisotopic (exact) mass is 273 g/mol. The highest BCUT2D eigenvalue weighted by Gasteiger charge is 2.01. The largest absolute Gasteiger partial charge is 0.362 e. The average Bonchev–Trinajstić information content (AvgIpc) is 2.46. The molecule has 3 heteroatoms. The molecule has 0 spiro atoms. The van der Waals surface area contributed by atoms with Crippen molar-refractivity contribution in [3.8, 4) is 0 Å². The summed E-state index contributed by atoms with van der Waals surface area (Å²) in [6.07, 6.45) is 10.2. The fourth-order valence-electron chi connectivity index (χ4n) is 1.82. The molecular weight excluding hydrogens is 256 g/mol. The van der Waals surface area contributed by atoms with Crippen molar-refractivity contribution in [2.75, 3.05) is 0 Å². The van der Waals surface area contributed by atoms with Gasteiger partial charge in [0, 0.05) is 11.9 Å². The maximum atomic E-state index is 13.6. The molecule has 0 saturated carbocycles. The Morgan fingerprint density at radius 1 is 1.15 bits per heavy atom. The summed E-state index contributed by atoms with van der Waals surface area (Å²) < 4.78 is 26.3. The van der Waals surface area contributed by atoms with Crippen LogP contribution in [0.2, 0.25) is 0 Å². The van der Waals surface area contributed by atoms with Crippen molar-refractivity contribution in [3.63, 3.8) is 0 Å². The van der Waals surface area contributed by atoms with Gasteiger partial charge in [-0.1, -0.05) is 29.9 Å². The first-order chi connectivity index (χ1) is 9.63. The normalized spacial score (nSPS) is 16.1. The lowest BCUT2D eigenvalue weighted by molar-refractivity contribution is 0.628. The summed E-state index contributed by atoms with van der Waals surface area (Å²) in [5, 5.41) is 2.96. The second-order valence-corrected chi connectivity index (χ2v) is 4.76. The number of hydrogen-bond acceptors (Lipinski definition) is 1. The number of nitrogens with one attached hydrogen (secondary N) is 1. The molecule has 20 heavy (non-hydrogen) atoms. The van der Waals surface area contributed by atoms with Gasteiger partial charge in [0.2, 0.25) is 0 Å². The number of benzene rings is 1. The van der Waals surface area contributed by atoms with Crippen LogP contribution in [0.3, 0.4) is 0 Å². The van der Waals surface area contributed by atoms with Crippen molar-refractivity contribution in [1.29, 1.82) is 0 Å². The maximum Gasteiger partial charge on any atom is 0.139 e. The van der Waals surface area contributed by atoms with Gasteiger partial charge in [-0.05, 0) is 49.6 Å². The molecule has 1 aliphatic carbocycles. The number of rotatable bonds is 4. The average molecular weight is 273 g/mol. The molecule has 0 aliphatic heterocycles.